The molecule has 5 heteroatoms. The van der Waals surface area contributed by atoms with Crippen LogP contribution in [-0.2, 0) is 9.53 Å². The van der Waals surface area contributed by atoms with Crippen molar-refractivity contribution in [3.63, 3.8) is 0 Å². The molecular weight excluding hydrogens is 220 g/mol. The molecule has 0 spiro atoms. The first-order chi connectivity index (χ1) is 8.04. The monoisotopic (exact) mass is 236 g/mol. The summed E-state index contributed by atoms with van der Waals surface area (Å²) in [4.78, 5) is 22.4. The molecule has 0 bridgehead atoms. The lowest BCUT2D eigenvalue weighted by Crippen LogP contribution is -2.19. The number of nitrogens with two attached hydrogens (primary N) is 1. The molecule has 5 nitrogen and oxygen atoms in total. The highest BCUT2D eigenvalue weighted by Gasteiger charge is 2.07. The summed E-state index contributed by atoms with van der Waals surface area (Å²) in [5, 5.41) is 2.70. The van der Waals surface area contributed by atoms with E-state index in [0.29, 0.717) is 17.9 Å². The number of primary amides is 1. The van der Waals surface area contributed by atoms with Crippen LogP contribution in [0.2, 0.25) is 0 Å². The predicted octanol–water partition coefficient (Wildman–Crippen LogP) is 1.07. The van der Waals surface area contributed by atoms with Crippen molar-refractivity contribution in [2.24, 2.45) is 5.73 Å². The van der Waals surface area contributed by atoms with Crippen molar-refractivity contribution in [3.8, 4) is 0 Å². The van der Waals surface area contributed by atoms with Gasteiger partial charge in [-0.25, -0.2) is 0 Å². The zero-order valence-electron chi connectivity index (χ0n) is 9.95. The average molecular weight is 236 g/mol. The van der Waals surface area contributed by atoms with E-state index in [2.05, 4.69) is 5.32 Å². The van der Waals surface area contributed by atoms with Gasteiger partial charge in [-0.1, -0.05) is 0 Å². The molecule has 1 aromatic rings. The van der Waals surface area contributed by atoms with Gasteiger partial charge in [-0.3, -0.25) is 9.59 Å². The standard InChI is InChI=1S/C12H16N2O3/c1-3-17-7-11(15)14-10-5-4-9(12(13)16)6-8(10)2/h4-6H,3,7H2,1-2H3,(H2,13,16)(H,14,15). The summed E-state index contributed by atoms with van der Waals surface area (Å²) in [7, 11) is 0. The van der Waals surface area contributed by atoms with Gasteiger partial charge in [-0.15, -0.1) is 0 Å². The van der Waals surface area contributed by atoms with Gasteiger partial charge in [0.2, 0.25) is 11.8 Å². The molecule has 0 aliphatic heterocycles. The number of nitrogens with one attached hydrogen (secondary N) is 1. The number of benzene rings is 1. The van der Waals surface area contributed by atoms with E-state index >= 15 is 0 Å². The molecule has 17 heavy (non-hydrogen) atoms. The third-order valence-electron chi connectivity index (χ3n) is 2.22. The van der Waals surface area contributed by atoms with Crippen LogP contribution >= 0.6 is 0 Å². The highest BCUT2D eigenvalue weighted by atomic mass is 16.5. The van der Waals surface area contributed by atoms with Crippen LogP contribution in [0.15, 0.2) is 18.2 Å². The first-order valence-corrected chi connectivity index (χ1v) is 5.32. The molecule has 0 heterocycles. The maximum absolute atomic E-state index is 11.4. The van der Waals surface area contributed by atoms with Gasteiger partial charge in [-0.05, 0) is 37.6 Å². The Morgan fingerprint density at radius 2 is 2.12 bits per heavy atom. The molecule has 0 aliphatic rings. The van der Waals surface area contributed by atoms with E-state index in [1.54, 1.807) is 25.1 Å². The second-order valence-corrected chi connectivity index (χ2v) is 3.58. The molecular formula is C12H16N2O3. The van der Waals surface area contributed by atoms with Crippen LogP contribution in [0.4, 0.5) is 5.69 Å². The highest BCUT2D eigenvalue weighted by molar-refractivity contribution is 5.96. The number of rotatable bonds is 5. The Hall–Kier alpha value is -1.88. The first-order valence-electron chi connectivity index (χ1n) is 5.32. The summed E-state index contributed by atoms with van der Waals surface area (Å²) >= 11 is 0. The second kappa shape index (κ2) is 6.00. The minimum atomic E-state index is -0.486. The molecule has 0 atom stereocenters. The summed E-state index contributed by atoms with van der Waals surface area (Å²) < 4.78 is 4.98. The number of hydrogen-bond donors (Lipinski definition) is 2. The van der Waals surface area contributed by atoms with Crippen molar-refractivity contribution in [2.45, 2.75) is 13.8 Å². The zero-order valence-corrected chi connectivity index (χ0v) is 9.95. The molecule has 0 aromatic heterocycles. The molecule has 1 aromatic carbocycles. The summed E-state index contributed by atoms with van der Waals surface area (Å²) in [5.74, 6) is -0.706. The smallest absolute Gasteiger partial charge is 0.250 e. The minimum Gasteiger partial charge on any atom is -0.372 e. The molecule has 92 valence electrons. The van der Waals surface area contributed by atoms with Crippen LogP contribution in [0.3, 0.4) is 0 Å². The number of carbonyl (C=O) groups excluding carboxylic acids is 2. The van der Waals surface area contributed by atoms with Gasteiger partial charge in [0.15, 0.2) is 0 Å². The lowest BCUT2D eigenvalue weighted by molar-refractivity contribution is -0.120. The van der Waals surface area contributed by atoms with Crippen LogP contribution in [0, 0.1) is 6.92 Å². The molecule has 0 saturated heterocycles. The predicted molar refractivity (Wildman–Crippen MR) is 64.8 cm³/mol. The average Bonchev–Trinajstić information content (AvgIpc) is 2.28. The van der Waals surface area contributed by atoms with Crippen LogP contribution < -0.4 is 11.1 Å². The van der Waals surface area contributed by atoms with Crippen molar-refractivity contribution in [1.29, 1.82) is 0 Å². The number of ether oxygens (including phenoxy) is 1. The lowest BCUT2D eigenvalue weighted by Gasteiger charge is -2.09. The Balaban J connectivity index is 2.72. The van der Waals surface area contributed by atoms with E-state index < -0.39 is 5.91 Å². The molecule has 0 radical (unpaired) electrons. The third-order valence-corrected chi connectivity index (χ3v) is 2.22. The summed E-state index contributed by atoms with van der Waals surface area (Å²) in [6.45, 7) is 4.13. The number of carbonyl (C=O) groups is 2. The quantitative estimate of drug-likeness (QED) is 0.802. The van der Waals surface area contributed by atoms with Crippen LogP contribution in [0.5, 0.6) is 0 Å². The van der Waals surface area contributed by atoms with Gasteiger partial charge in [0.25, 0.3) is 0 Å². The number of hydrogen-bond acceptors (Lipinski definition) is 3. The first kappa shape index (κ1) is 13.2. The number of amides is 2. The molecule has 3 N–H and O–H groups in total. The maximum atomic E-state index is 11.4. The Kier molecular flexibility index (Phi) is 4.66. The van der Waals surface area contributed by atoms with Crippen molar-refractivity contribution >= 4 is 17.5 Å². The lowest BCUT2D eigenvalue weighted by atomic mass is 10.1. The number of aryl methyl sites for hydroxylation is 1. The van der Waals surface area contributed by atoms with Crippen molar-refractivity contribution < 1.29 is 14.3 Å². The van der Waals surface area contributed by atoms with E-state index in [1.165, 1.54) is 0 Å². The summed E-state index contributed by atoms with van der Waals surface area (Å²) in [6.07, 6.45) is 0. The van der Waals surface area contributed by atoms with Gasteiger partial charge >= 0.3 is 0 Å². The van der Waals surface area contributed by atoms with Gasteiger partial charge in [0, 0.05) is 17.9 Å². The Bertz CT molecular complexity index is 430. The van der Waals surface area contributed by atoms with Crippen molar-refractivity contribution in [3.05, 3.63) is 29.3 Å². The SMILES string of the molecule is CCOCC(=O)Nc1ccc(C(N)=O)cc1C. The molecule has 0 unspecified atom stereocenters. The maximum Gasteiger partial charge on any atom is 0.250 e. The largest absolute Gasteiger partial charge is 0.372 e. The summed E-state index contributed by atoms with van der Waals surface area (Å²) in [5.41, 5.74) is 7.01. The molecule has 0 aliphatic carbocycles. The van der Waals surface area contributed by atoms with Crippen LogP contribution in [0.1, 0.15) is 22.8 Å². The van der Waals surface area contributed by atoms with Gasteiger partial charge < -0.3 is 15.8 Å². The second-order valence-electron chi connectivity index (χ2n) is 3.58. The third kappa shape index (κ3) is 3.88. The molecule has 0 fully saturated rings. The van der Waals surface area contributed by atoms with Gasteiger partial charge in [0.05, 0.1) is 0 Å². The van der Waals surface area contributed by atoms with Crippen LogP contribution in [0.25, 0.3) is 0 Å². The minimum absolute atomic E-state index is 0.0213. The van der Waals surface area contributed by atoms with E-state index in [0.717, 1.165) is 5.56 Å². The van der Waals surface area contributed by atoms with E-state index in [9.17, 15) is 9.59 Å². The van der Waals surface area contributed by atoms with Gasteiger partial charge in [-0.2, -0.15) is 0 Å². The van der Waals surface area contributed by atoms with E-state index in [1.807, 2.05) is 6.92 Å². The van der Waals surface area contributed by atoms with Crippen molar-refractivity contribution in [2.75, 3.05) is 18.5 Å². The Morgan fingerprint density at radius 3 is 2.65 bits per heavy atom. The fraction of sp³-hybridized carbons (Fsp3) is 0.333. The Morgan fingerprint density at radius 1 is 1.41 bits per heavy atom. The zero-order chi connectivity index (χ0) is 12.8. The topological polar surface area (TPSA) is 81.4 Å². The number of anilines is 1. The molecule has 0 saturated carbocycles. The molecule has 2 amide bonds. The summed E-state index contributed by atoms with van der Waals surface area (Å²) in [6, 6.07) is 4.86. The van der Waals surface area contributed by atoms with E-state index in [-0.39, 0.29) is 12.5 Å². The fourth-order valence-electron chi connectivity index (χ4n) is 1.34. The molecule has 1 rings (SSSR count). The Labute approximate surface area is 99.9 Å². The normalized spacial score (nSPS) is 10.0. The van der Waals surface area contributed by atoms with Crippen molar-refractivity contribution in [1.82, 2.24) is 0 Å². The van der Waals surface area contributed by atoms with Gasteiger partial charge in [0.1, 0.15) is 6.61 Å². The van der Waals surface area contributed by atoms with Crippen LogP contribution in [-0.4, -0.2) is 25.0 Å². The highest BCUT2D eigenvalue weighted by Crippen LogP contribution is 2.16. The van der Waals surface area contributed by atoms with E-state index in [4.69, 9.17) is 10.5 Å². The fourth-order valence-corrected chi connectivity index (χ4v) is 1.34.